The van der Waals surface area contributed by atoms with Crippen LogP contribution in [-0.4, -0.2) is 10.2 Å². The van der Waals surface area contributed by atoms with E-state index < -0.39 is 52.9 Å². The molecule has 0 saturated heterocycles. The molecule has 0 aromatic heterocycles. The van der Waals surface area contributed by atoms with Gasteiger partial charge in [-0.3, -0.25) is 4.74 Å². The minimum atomic E-state index is -4.27. The van der Waals surface area contributed by atoms with Gasteiger partial charge in [-0.25, -0.2) is 22.0 Å². The van der Waals surface area contributed by atoms with E-state index in [-0.39, 0.29) is 16.3 Å². The molecule has 0 unspecified atom stereocenters. The van der Waals surface area contributed by atoms with Gasteiger partial charge in [-0.05, 0) is 36.4 Å². The molecule has 0 bridgehead atoms. The van der Waals surface area contributed by atoms with Crippen molar-refractivity contribution < 1.29 is 32.2 Å². The smallest absolute Gasteiger partial charge is 0.200 e. The molecule has 0 aliphatic rings. The minimum absolute atomic E-state index is 0.140. The van der Waals surface area contributed by atoms with Crippen molar-refractivity contribution in [3.63, 3.8) is 0 Å². The Labute approximate surface area is 185 Å². The Balaban J connectivity index is 2.35. The molecule has 3 nitrogen and oxygen atoms in total. The van der Waals surface area contributed by atoms with Crippen LogP contribution in [0.3, 0.4) is 0 Å². The van der Waals surface area contributed by atoms with Gasteiger partial charge < -0.3 is 10.2 Å². The Kier molecular flexibility index (Phi) is 5.95. The van der Waals surface area contributed by atoms with Crippen molar-refractivity contribution in [2.45, 2.75) is 0 Å². The van der Waals surface area contributed by atoms with Crippen LogP contribution in [0.25, 0.3) is 0 Å². The molecule has 0 saturated carbocycles. The number of aromatic hydroxyl groups is 2. The molecule has 4 aromatic carbocycles. The van der Waals surface area contributed by atoms with Crippen LogP contribution in [0.2, 0.25) is 0 Å². The van der Waals surface area contributed by atoms with E-state index in [4.69, 9.17) is 0 Å². The van der Waals surface area contributed by atoms with Crippen LogP contribution in [-0.2, 0) is 0 Å². The summed E-state index contributed by atoms with van der Waals surface area (Å²) in [5.74, 6) is -11.8. The van der Waals surface area contributed by atoms with Crippen LogP contribution < -0.4 is 15.9 Å². The van der Waals surface area contributed by atoms with E-state index in [9.17, 15) is 23.4 Å². The monoisotopic (exact) mass is 475 g/mol. The quantitative estimate of drug-likeness (QED) is 0.175. The third-order valence-electron chi connectivity index (χ3n) is 4.99. The summed E-state index contributed by atoms with van der Waals surface area (Å²) in [7, 11) is -4.27. The first kappa shape index (κ1) is 22.6. The first-order valence-corrected chi connectivity index (χ1v) is 11.3. The second kappa shape index (κ2) is 8.71. The van der Waals surface area contributed by atoms with E-state index in [1.165, 1.54) is 60.7 Å². The zero-order valence-corrected chi connectivity index (χ0v) is 17.6. The third-order valence-corrected chi connectivity index (χ3v) is 8.71. The summed E-state index contributed by atoms with van der Waals surface area (Å²) in [6, 6.07) is 18.4. The van der Waals surface area contributed by atoms with Crippen molar-refractivity contribution >= 4 is 28.7 Å². The Morgan fingerprint density at radius 1 is 0.515 bits per heavy atom. The lowest BCUT2D eigenvalue weighted by molar-refractivity contribution is 0.384. The lowest BCUT2D eigenvalue weighted by Crippen LogP contribution is -2.32. The van der Waals surface area contributed by atoms with Gasteiger partial charge in [-0.2, -0.15) is 0 Å². The van der Waals surface area contributed by atoms with Gasteiger partial charge in [0.05, 0.1) is 18.0 Å². The van der Waals surface area contributed by atoms with Crippen LogP contribution in [0.5, 0.6) is 11.5 Å². The van der Waals surface area contributed by atoms with Crippen LogP contribution in [0.4, 0.5) is 27.6 Å². The fourth-order valence-corrected chi connectivity index (χ4v) is 7.27. The predicted molar refractivity (Wildman–Crippen MR) is 117 cm³/mol. The number of rotatable bonds is 4. The Morgan fingerprint density at radius 3 is 1.36 bits per heavy atom. The zero-order chi connectivity index (χ0) is 23.8. The lowest BCUT2D eigenvalue weighted by atomic mass is 10.3. The molecule has 0 amide bonds. The maximum atomic E-state index is 15.3. The van der Waals surface area contributed by atoms with Crippen molar-refractivity contribution in [1.82, 2.24) is 0 Å². The molecule has 4 rings (SSSR count). The molecule has 0 radical (unpaired) electrons. The van der Waals surface area contributed by atoms with Crippen molar-refractivity contribution in [3.8, 4) is 11.5 Å². The maximum Gasteiger partial charge on any atom is 0.200 e. The number of benzene rings is 4. The summed E-state index contributed by atoms with van der Waals surface area (Å²) >= 11 is 0. The molecule has 4 aromatic rings. The number of para-hydroxylation sites is 2. The molecule has 33 heavy (non-hydrogen) atoms. The van der Waals surface area contributed by atoms with Crippen molar-refractivity contribution in [2.24, 2.45) is 4.74 Å². The van der Waals surface area contributed by atoms with E-state index in [2.05, 4.69) is 4.74 Å². The van der Waals surface area contributed by atoms with Gasteiger partial charge in [0.25, 0.3) is 0 Å². The predicted octanol–water partition coefficient (Wildman–Crippen LogP) is 5.60. The molecular formula is C24H15F5NO2P. The summed E-state index contributed by atoms with van der Waals surface area (Å²) in [5.41, 5.74) is 0.140. The van der Waals surface area contributed by atoms with Crippen LogP contribution in [0.15, 0.2) is 83.6 Å². The number of phenols is 2. The number of nitrogens with zero attached hydrogens (tertiary/aromatic N) is 1. The molecule has 9 heteroatoms. The van der Waals surface area contributed by atoms with Crippen LogP contribution in [0, 0.1) is 29.1 Å². The highest BCUT2D eigenvalue weighted by atomic mass is 31.2. The maximum absolute atomic E-state index is 15.3. The number of phenolic OH excluding ortho intramolecular Hbond substituents is 2. The highest BCUT2D eigenvalue weighted by Crippen LogP contribution is 2.54. The summed E-state index contributed by atoms with van der Waals surface area (Å²) in [5, 5.41) is 19.8. The van der Waals surface area contributed by atoms with Crippen molar-refractivity contribution in [1.29, 1.82) is 0 Å². The fraction of sp³-hybridized carbons (Fsp3) is 0. The summed E-state index contributed by atoms with van der Waals surface area (Å²) in [4.78, 5) is 0. The number of halogens is 5. The average Bonchev–Trinajstić information content (AvgIpc) is 2.82. The van der Waals surface area contributed by atoms with E-state index in [1.54, 1.807) is 18.2 Å². The number of hydrogen-bond acceptors (Lipinski definition) is 3. The Hall–Kier alpha value is -3.64. The van der Waals surface area contributed by atoms with E-state index in [0.717, 1.165) is 0 Å². The molecule has 0 aliphatic carbocycles. The Morgan fingerprint density at radius 2 is 0.909 bits per heavy atom. The highest BCUT2D eigenvalue weighted by molar-refractivity contribution is 7.87. The van der Waals surface area contributed by atoms with Crippen LogP contribution >= 0.6 is 7.05 Å². The molecular weight excluding hydrogens is 460 g/mol. The molecule has 0 heterocycles. The number of hydrogen-bond donors (Lipinski definition) is 2. The molecule has 168 valence electrons. The standard InChI is InChI=1S/C24H15F5NO2P/c25-19-20(26)22(28)24(23(29)21(19)27)33(17-12-6-4-10-15(17)31,18-13-7-5-11-16(18)32)30-14-8-2-1-3-9-14/h1-13,31-32H. The highest BCUT2D eigenvalue weighted by Gasteiger charge is 2.41. The minimum Gasteiger partial charge on any atom is -0.507 e. The third kappa shape index (κ3) is 3.66. The first-order chi connectivity index (χ1) is 15.8. The fourth-order valence-electron chi connectivity index (χ4n) is 3.55. The van der Waals surface area contributed by atoms with Gasteiger partial charge in [0.1, 0.15) is 11.5 Å². The van der Waals surface area contributed by atoms with E-state index >= 15 is 8.78 Å². The van der Waals surface area contributed by atoms with Crippen molar-refractivity contribution in [3.05, 3.63) is 108 Å². The average molecular weight is 475 g/mol. The van der Waals surface area contributed by atoms with Gasteiger partial charge >= 0.3 is 0 Å². The lowest BCUT2D eigenvalue weighted by Gasteiger charge is -2.29. The van der Waals surface area contributed by atoms with Gasteiger partial charge in [-0.1, -0.05) is 42.5 Å². The molecule has 0 fully saturated rings. The molecule has 0 atom stereocenters. The normalized spacial score (nSPS) is 11.4. The molecule has 2 N–H and O–H groups in total. The van der Waals surface area contributed by atoms with E-state index in [0.29, 0.717) is 0 Å². The zero-order valence-electron chi connectivity index (χ0n) is 16.7. The summed E-state index contributed by atoms with van der Waals surface area (Å²) < 4.78 is 77.9. The van der Waals surface area contributed by atoms with E-state index in [1.807, 2.05) is 0 Å². The molecule has 0 aliphatic heterocycles. The second-order valence-electron chi connectivity index (χ2n) is 6.97. The Bertz CT molecular complexity index is 1330. The van der Waals surface area contributed by atoms with Gasteiger partial charge in [0.15, 0.2) is 23.3 Å². The largest absolute Gasteiger partial charge is 0.507 e. The molecule has 0 spiro atoms. The second-order valence-corrected chi connectivity index (χ2v) is 9.85. The van der Waals surface area contributed by atoms with Gasteiger partial charge in [-0.15, -0.1) is 0 Å². The summed E-state index contributed by atoms with van der Waals surface area (Å²) in [6.07, 6.45) is 0. The van der Waals surface area contributed by atoms with Crippen molar-refractivity contribution in [2.75, 3.05) is 0 Å². The SMILES string of the molecule is Oc1ccccc1P(=Nc1ccccc1)(c1ccccc1O)c1c(F)c(F)c(F)c(F)c1F. The van der Waals surface area contributed by atoms with Gasteiger partial charge in [0.2, 0.25) is 5.82 Å². The van der Waals surface area contributed by atoms with Crippen LogP contribution in [0.1, 0.15) is 0 Å². The first-order valence-electron chi connectivity index (χ1n) is 9.55. The summed E-state index contributed by atoms with van der Waals surface area (Å²) in [6.45, 7) is 0. The topological polar surface area (TPSA) is 52.8 Å². The van der Waals surface area contributed by atoms with Gasteiger partial charge in [0, 0.05) is 10.6 Å².